The first-order valence-corrected chi connectivity index (χ1v) is 6.77. The molecule has 0 spiro atoms. The zero-order valence-electron chi connectivity index (χ0n) is 10.7. The van der Waals surface area contributed by atoms with Crippen LogP contribution < -0.4 is 10.6 Å². The minimum Gasteiger partial charge on any atom is -0.393 e. The number of piperidine rings is 1. The van der Waals surface area contributed by atoms with Crippen LogP contribution in [-0.2, 0) is 0 Å². The second-order valence-electron chi connectivity index (χ2n) is 5.58. The molecule has 2 atom stereocenters. The first-order chi connectivity index (χ1) is 8.65. The van der Waals surface area contributed by atoms with Crippen LogP contribution in [0.25, 0.3) is 0 Å². The van der Waals surface area contributed by atoms with Gasteiger partial charge in [-0.25, -0.2) is 0 Å². The standard InChI is InChI=1S/C12H21N5O/c1-7-10(13)3-2-4-17(7)12-14-11(15-16-12)8-5-9(18)6-8/h7-10,18H,2-6,13H2,1H3,(H,14,15,16). The predicted octanol–water partition coefficient (Wildman–Crippen LogP) is 0.359. The molecule has 0 bridgehead atoms. The number of hydrogen-bond acceptors (Lipinski definition) is 5. The molecule has 100 valence electrons. The number of nitrogens with one attached hydrogen (secondary N) is 1. The summed E-state index contributed by atoms with van der Waals surface area (Å²) in [6.45, 7) is 3.10. The van der Waals surface area contributed by atoms with Crippen LogP contribution in [0, 0.1) is 0 Å². The zero-order chi connectivity index (χ0) is 12.7. The Kier molecular flexibility index (Phi) is 2.99. The maximum atomic E-state index is 9.32. The normalized spacial score (nSPS) is 36.5. The lowest BCUT2D eigenvalue weighted by Gasteiger charge is -2.36. The molecule has 1 saturated heterocycles. The lowest BCUT2D eigenvalue weighted by molar-refractivity contribution is 0.0718. The van der Waals surface area contributed by atoms with E-state index >= 15 is 0 Å². The van der Waals surface area contributed by atoms with Gasteiger partial charge in [0.25, 0.3) is 0 Å². The Bertz CT molecular complexity index is 414. The molecule has 2 fully saturated rings. The number of rotatable bonds is 2. The summed E-state index contributed by atoms with van der Waals surface area (Å²) in [7, 11) is 0. The molecule has 1 aliphatic carbocycles. The molecule has 1 aromatic rings. The number of aromatic nitrogens is 3. The SMILES string of the molecule is CC1C(N)CCCN1c1n[nH]c(C2CC(O)C2)n1. The van der Waals surface area contributed by atoms with E-state index in [2.05, 4.69) is 27.0 Å². The van der Waals surface area contributed by atoms with Crippen molar-refractivity contribution in [3.05, 3.63) is 5.82 Å². The quantitative estimate of drug-likeness (QED) is 0.706. The van der Waals surface area contributed by atoms with Crippen LogP contribution in [-0.4, -0.2) is 45.0 Å². The Labute approximate surface area is 107 Å². The van der Waals surface area contributed by atoms with Crippen LogP contribution >= 0.6 is 0 Å². The van der Waals surface area contributed by atoms with Gasteiger partial charge in [0.1, 0.15) is 5.82 Å². The molecule has 0 aromatic carbocycles. The number of H-pyrrole nitrogens is 1. The molecule has 2 unspecified atom stereocenters. The summed E-state index contributed by atoms with van der Waals surface area (Å²) >= 11 is 0. The molecule has 3 rings (SSSR count). The monoisotopic (exact) mass is 251 g/mol. The number of anilines is 1. The molecule has 2 aliphatic rings. The average molecular weight is 251 g/mol. The number of nitrogens with two attached hydrogens (primary N) is 1. The van der Waals surface area contributed by atoms with Crippen molar-refractivity contribution in [2.24, 2.45) is 5.73 Å². The van der Waals surface area contributed by atoms with Crippen molar-refractivity contribution in [2.75, 3.05) is 11.4 Å². The van der Waals surface area contributed by atoms with E-state index in [9.17, 15) is 5.11 Å². The highest BCUT2D eigenvalue weighted by Crippen LogP contribution is 2.35. The summed E-state index contributed by atoms with van der Waals surface area (Å²) in [5, 5.41) is 16.6. The second kappa shape index (κ2) is 4.51. The van der Waals surface area contributed by atoms with Gasteiger partial charge in [-0.05, 0) is 32.6 Å². The van der Waals surface area contributed by atoms with Gasteiger partial charge in [-0.3, -0.25) is 5.10 Å². The minimum atomic E-state index is -0.161. The van der Waals surface area contributed by atoms with E-state index in [4.69, 9.17) is 5.73 Å². The highest BCUT2D eigenvalue weighted by molar-refractivity contribution is 5.33. The fraction of sp³-hybridized carbons (Fsp3) is 0.833. The molecular formula is C12H21N5O. The maximum absolute atomic E-state index is 9.32. The van der Waals surface area contributed by atoms with Crippen LogP contribution in [0.5, 0.6) is 0 Å². The lowest BCUT2D eigenvalue weighted by atomic mass is 9.82. The molecule has 1 saturated carbocycles. The Balaban J connectivity index is 1.72. The lowest BCUT2D eigenvalue weighted by Crippen LogP contribution is -2.51. The number of aromatic amines is 1. The third kappa shape index (κ3) is 1.99. The molecule has 6 heteroatoms. The van der Waals surface area contributed by atoms with Crippen LogP contribution in [0.15, 0.2) is 0 Å². The van der Waals surface area contributed by atoms with Gasteiger partial charge in [0.2, 0.25) is 5.95 Å². The summed E-state index contributed by atoms with van der Waals surface area (Å²) in [4.78, 5) is 6.75. The largest absolute Gasteiger partial charge is 0.393 e. The van der Waals surface area contributed by atoms with Crippen molar-refractivity contribution in [2.45, 2.75) is 56.7 Å². The fourth-order valence-electron chi connectivity index (χ4n) is 2.84. The van der Waals surface area contributed by atoms with Crippen molar-refractivity contribution in [3.8, 4) is 0 Å². The van der Waals surface area contributed by atoms with Crippen LogP contribution in [0.4, 0.5) is 5.95 Å². The predicted molar refractivity (Wildman–Crippen MR) is 68.4 cm³/mol. The van der Waals surface area contributed by atoms with Gasteiger partial charge >= 0.3 is 0 Å². The molecule has 6 nitrogen and oxygen atoms in total. The number of nitrogens with zero attached hydrogens (tertiary/aromatic N) is 3. The van der Waals surface area contributed by atoms with Gasteiger partial charge < -0.3 is 15.7 Å². The molecule has 2 heterocycles. The van der Waals surface area contributed by atoms with E-state index in [1.165, 1.54) is 0 Å². The van der Waals surface area contributed by atoms with Crippen LogP contribution in [0.2, 0.25) is 0 Å². The summed E-state index contributed by atoms with van der Waals surface area (Å²) in [6, 6.07) is 0.487. The van der Waals surface area contributed by atoms with E-state index in [0.29, 0.717) is 5.92 Å². The highest BCUT2D eigenvalue weighted by atomic mass is 16.3. The zero-order valence-corrected chi connectivity index (χ0v) is 10.7. The molecule has 1 aliphatic heterocycles. The van der Waals surface area contributed by atoms with Crippen molar-refractivity contribution < 1.29 is 5.11 Å². The van der Waals surface area contributed by atoms with Gasteiger partial charge in [0.05, 0.1) is 6.10 Å². The van der Waals surface area contributed by atoms with Gasteiger partial charge in [-0.2, -0.15) is 4.98 Å². The molecule has 1 aromatic heterocycles. The fourth-order valence-corrected chi connectivity index (χ4v) is 2.84. The van der Waals surface area contributed by atoms with Crippen LogP contribution in [0.3, 0.4) is 0 Å². The topological polar surface area (TPSA) is 91.1 Å². The van der Waals surface area contributed by atoms with Gasteiger partial charge in [0.15, 0.2) is 0 Å². The van der Waals surface area contributed by atoms with Crippen molar-refractivity contribution in [3.63, 3.8) is 0 Å². The minimum absolute atomic E-state index is 0.161. The van der Waals surface area contributed by atoms with Gasteiger partial charge in [-0.15, -0.1) is 5.10 Å². The third-order valence-corrected chi connectivity index (χ3v) is 4.30. The Morgan fingerprint density at radius 3 is 2.94 bits per heavy atom. The summed E-state index contributed by atoms with van der Waals surface area (Å²) in [5.74, 6) is 2.01. The van der Waals surface area contributed by atoms with Gasteiger partial charge in [0, 0.05) is 24.5 Å². The molecular weight excluding hydrogens is 230 g/mol. The molecule has 0 amide bonds. The number of hydrogen-bond donors (Lipinski definition) is 3. The average Bonchev–Trinajstić information content (AvgIpc) is 2.77. The molecule has 18 heavy (non-hydrogen) atoms. The van der Waals surface area contributed by atoms with Gasteiger partial charge in [-0.1, -0.05) is 0 Å². The third-order valence-electron chi connectivity index (χ3n) is 4.30. The first-order valence-electron chi connectivity index (χ1n) is 6.77. The van der Waals surface area contributed by atoms with E-state index in [-0.39, 0.29) is 18.2 Å². The van der Waals surface area contributed by atoms with Crippen molar-refractivity contribution in [1.82, 2.24) is 15.2 Å². The Morgan fingerprint density at radius 1 is 1.44 bits per heavy atom. The van der Waals surface area contributed by atoms with E-state index in [1.54, 1.807) is 0 Å². The summed E-state index contributed by atoms with van der Waals surface area (Å²) < 4.78 is 0. The van der Waals surface area contributed by atoms with Crippen molar-refractivity contribution in [1.29, 1.82) is 0 Å². The highest BCUT2D eigenvalue weighted by Gasteiger charge is 2.33. The van der Waals surface area contributed by atoms with Crippen molar-refractivity contribution >= 4 is 5.95 Å². The Hall–Kier alpha value is -1.14. The first kappa shape index (κ1) is 11.9. The van der Waals surface area contributed by atoms with E-state index in [1.807, 2.05) is 0 Å². The van der Waals surface area contributed by atoms with E-state index < -0.39 is 0 Å². The summed E-state index contributed by atoms with van der Waals surface area (Å²) in [6.07, 6.45) is 3.60. The summed E-state index contributed by atoms with van der Waals surface area (Å²) in [5.41, 5.74) is 6.09. The second-order valence-corrected chi connectivity index (χ2v) is 5.58. The van der Waals surface area contributed by atoms with Crippen LogP contribution in [0.1, 0.15) is 44.3 Å². The molecule has 0 radical (unpaired) electrons. The molecule has 4 N–H and O–H groups in total. The maximum Gasteiger partial charge on any atom is 0.245 e. The number of aliphatic hydroxyl groups is 1. The Morgan fingerprint density at radius 2 is 2.22 bits per heavy atom. The smallest absolute Gasteiger partial charge is 0.245 e. The van der Waals surface area contributed by atoms with E-state index in [0.717, 1.165) is 44.0 Å². The number of aliphatic hydroxyl groups excluding tert-OH is 1.